The molecule has 122 valence electrons. The van der Waals surface area contributed by atoms with Crippen molar-refractivity contribution in [3.63, 3.8) is 0 Å². The highest BCUT2D eigenvalue weighted by Crippen LogP contribution is 2.29. The van der Waals surface area contributed by atoms with Crippen molar-refractivity contribution < 1.29 is 24.5 Å². The first-order valence-electron chi connectivity index (χ1n) is 7.57. The molecule has 1 aliphatic heterocycles. The van der Waals surface area contributed by atoms with Gasteiger partial charge in [-0.3, -0.25) is 9.59 Å². The van der Waals surface area contributed by atoms with Crippen molar-refractivity contribution in [2.24, 2.45) is 0 Å². The highest BCUT2D eigenvalue weighted by Gasteiger charge is 2.20. The molecule has 0 amide bonds. The molecule has 2 N–H and O–H groups in total. The van der Waals surface area contributed by atoms with Crippen molar-refractivity contribution in [3.05, 3.63) is 47.6 Å². The molecule has 1 aromatic carbocycles. The van der Waals surface area contributed by atoms with Gasteiger partial charge in [0.2, 0.25) is 0 Å². The van der Waals surface area contributed by atoms with E-state index in [1.165, 1.54) is 12.1 Å². The molecular formula is C18H20O5. The van der Waals surface area contributed by atoms with Crippen LogP contribution < -0.4 is 0 Å². The van der Waals surface area contributed by atoms with Crippen LogP contribution in [0.15, 0.2) is 36.4 Å². The number of phenols is 2. The van der Waals surface area contributed by atoms with Crippen LogP contribution in [0, 0.1) is 0 Å². The Bertz CT molecular complexity index is 658. The van der Waals surface area contributed by atoms with Gasteiger partial charge in [-0.15, -0.1) is 0 Å². The maximum Gasteiger partial charge on any atom is 0.310 e. The van der Waals surface area contributed by atoms with E-state index >= 15 is 0 Å². The van der Waals surface area contributed by atoms with Gasteiger partial charge in [0.05, 0.1) is 18.1 Å². The van der Waals surface area contributed by atoms with Gasteiger partial charge in [0, 0.05) is 6.07 Å². The molecule has 0 saturated heterocycles. The van der Waals surface area contributed by atoms with Crippen LogP contribution >= 0.6 is 0 Å². The Morgan fingerprint density at radius 1 is 1.13 bits per heavy atom. The first-order chi connectivity index (χ1) is 11.0. The van der Waals surface area contributed by atoms with Gasteiger partial charge in [-0.2, -0.15) is 0 Å². The minimum absolute atomic E-state index is 0.0182. The second-order valence-corrected chi connectivity index (χ2v) is 5.53. The second kappa shape index (κ2) is 7.63. The van der Waals surface area contributed by atoms with E-state index in [2.05, 4.69) is 0 Å². The normalized spacial score (nSPS) is 22.6. The predicted octanol–water partition coefficient (Wildman–Crippen LogP) is 3.05. The average molecular weight is 316 g/mol. The molecule has 5 heteroatoms. The van der Waals surface area contributed by atoms with Gasteiger partial charge < -0.3 is 14.9 Å². The molecule has 5 nitrogen and oxygen atoms in total. The molecule has 1 atom stereocenters. The molecule has 0 fully saturated rings. The van der Waals surface area contributed by atoms with E-state index in [-0.39, 0.29) is 35.2 Å². The van der Waals surface area contributed by atoms with E-state index in [4.69, 9.17) is 4.74 Å². The molecule has 23 heavy (non-hydrogen) atoms. The number of esters is 1. The first-order valence-corrected chi connectivity index (χ1v) is 7.57. The summed E-state index contributed by atoms with van der Waals surface area (Å²) in [5.41, 5.74) is 0.270. The fraction of sp³-hybridized carbons (Fsp3) is 0.333. The van der Waals surface area contributed by atoms with Crippen molar-refractivity contribution in [1.82, 2.24) is 0 Å². The van der Waals surface area contributed by atoms with Crippen LogP contribution in [-0.2, 0) is 16.0 Å². The number of allylic oxidation sites excluding steroid dienone is 4. The van der Waals surface area contributed by atoms with Crippen molar-refractivity contribution in [2.45, 2.75) is 38.7 Å². The van der Waals surface area contributed by atoms with Crippen molar-refractivity contribution >= 4 is 11.8 Å². The number of hydrogen-bond acceptors (Lipinski definition) is 5. The molecule has 1 aliphatic rings. The highest BCUT2D eigenvalue weighted by molar-refractivity contribution is 6.08. The molecule has 2 rings (SSSR count). The molecule has 0 saturated carbocycles. The number of phenolic OH excluding ortho intramolecular Hbond substituents is 2. The lowest BCUT2D eigenvalue weighted by Gasteiger charge is -2.14. The average Bonchev–Trinajstić information content (AvgIpc) is 2.44. The third-order valence-electron chi connectivity index (χ3n) is 3.55. The van der Waals surface area contributed by atoms with Crippen molar-refractivity contribution in [2.75, 3.05) is 0 Å². The zero-order valence-electron chi connectivity index (χ0n) is 13.0. The number of carbonyl (C=O) groups is 2. The van der Waals surface area contributed by atoms with Crippen LogP contribution in [0.2, 0.25) is 0 Å². The fourth-order valence-corrected chi connectivity index (χ4v) is 2.46. The van der Waals surface area contributed by atoms with Crippen LogP contribution in [0.4, 0.5) is 0 Å². The largest absolute Gasteiger partial charge is 0.508 e. The van der Waals surface area contributed by atoms with Gasteiger partial charge in [-0.1, -0.05) is 18.2 Å². The van der Waals surface area contributed by atoms with Crippen LogP contribution in [0.5, 0.6) is 11.5 Å². The number of hydrogen-bond donors (Lipinski definition) is 2. The number of benzene rings is 1. The summed E-state index contributed by atoms with van der Waals surface area (Å²) in [5, 5.41) is 19.6. The van der Waals surface area contributed by atoms with Gasteiger partial charge in [-0.25, -0.2) is 0 Å². The quantitative estimate of drug-likeness (QED) is 0.568. The number of rotatable bonds is 0. The topological polar surface area (TPSA) is 83.8 Å². The highest BCUT2D eigenvalue weighted by atomic mass is 16.5. The van der Waals surface area contributed by atoms with E-state index in [9.17, 15) is 19.8 Å². The molecule has 0 aromatic heterocycles. The Hall–Kier alpha value is -2.56. The molecule has 1 heterocycles. The number of ketones is 1. The van der Waals surface area contributed by atoms with Gasteiger partial charge in [0.1, 0.15) is 11.5 Å². The van der Waals surface area contributed by atoms with Crippen LogP contribution in [-0.4, -0.2) is 28.1 Å². The molecule has 0 radical (unpaired) electrons. The SMILES string of the molecule is C[C@@H]1CC/C=C\C/C=C/C(=O)c2c(O)cc(O)cc2CC(=O)O1. The van der Waals surface area contributed by atoms with Gasteiger partial charge in [-0.05, 0) is 43.9 Å². The number of ether oxygens (including phenoxy) is 1. The van der Waals surface area contributed by atoms with Gasteiger partial charge in [0.25, 0.3) is 0 Å². The molecule has 1 aromatic rings. The molecular weight excluding hydrogens is 296 g/mol. The lowest BCUT2D eigenvalue weighted by atomic mass is 9.98. The zero-order valence-corrected chi connectivity index (χ0v) is 13.0. The fourth-order valence-electron chi connectivity index (χ4n) is 2.46. The monoisotopic (exact) mass is 316 g/mol. The summed E-state index contributed by atoms with van der Waals surface area (Å²) in [5.74, 6) is -1.47. The molecule has 0 unspecified atom stereocenters. The maximum atomic E-state index is 12.3. The molecule has 0 spiro atoms. The zero-order chi connectivity index (χ0) is 16.8. The smallest absolute Gasteiger partial charge is 0.310 e. The summed E-state index contributed by atoms with van der Waals surface area (Å²) in [6.07, 6.45) is 8.65. The third-order valence-corrected chi connectivity index (χ3v) is 3.55. The lowest BCUT2D eigenvalue weighted by Crippen LogP contribution is -2.17. The number of fused-ring (bicyclic) bond motifs is 1. The summed E-state index contributed by atoms with van der Waals surface area (Å²) < 4.78 is 5.30. The van der Waals surface area contributed by atoms with Gasteiger partial charge >= 0.3 is 5.97 Å². The van der Waals surface area contributed by atoms with Gasteiger partial charge in [0.15, 0.2) is 5.78 Å². The summed E-state index contributed by atoms with van der Waals surface area (Å²) in [4.78, 5) is 24.3. The summed E-state index contributed by atoms with van der Waals surface area (Å²) in [6.45, 7) is 1.81. The van der Waals surface area contributed by atoms with E-state index < -0.39 is 11.8 Å². The van der Waals surface area contributed by atoms with E-state index in [0.29, 0.717) is 12.8 Å². The van der Waals surface area contributed by atoms with Crippen molar-refractivity contribution in [3.8, 4) is 11.5 Å². The minimum Gasteiger partial charge on any atom is -0.508 e. The number of carbonyl (C=O) groups excluding carboxylic acids is 2. The van der Waals surface area contributed by atoms with Crippen LogP contribution in [0.3, 0.4) is 0 Å². The second-order valence-electron chi connectivity index (χ2n) is 5.53. The summed E-state index contributed by atoms with van der Waals surface area (Å²) >= 11 is 0. The Balaban J connectivity index is 2.40. The van der Waals surface area contributed by atoms with E-state index in [1.807, 2.05) is 19.1 Å². The minimum atomic E-state index is -0.499. The molecule has 0 aliphatic carbocycles. The van der Waals surface area contributed by atoms with E-state index in [0.717, 1.165) is 12.5 Å². The number of cyclic esters (lactones) is 1. The first kappa shape index (κ1) is 16.8. The summed E-state index contributed by atoms with van der Waals surface area (Å²) in [7, 11) is 0. The maximum absolute atomic E-state index is 12.3. The van der Waals surface area contributed by atoms with E-state index in [1.54, 1.807) is 6.08 Å². The number of aromatic hydroxyl groups is 2. The van der Waals surface area contributed by atoms with Crippen LogP contribution in [0.25, 0.3) is 0 Å². The summed E-state index contributed by atoms with van der Waals surface area (Å²) in [6, 6.07) is 2.39. The Kier molecular flexibility index (Phi) is 5.57. The Morgan fingerprint density at radius 2 is 1.91 bits per heavy atom. The standard InChI is InChI=1S/C18H20O5/c1-12-7-5-3-2-4-6-8-15(20)18-13(10-17(22)23-12)9-14(19)11-16(18)21/h2-3,6,8-9,11-12,19,21H,4-5,7,10H2,1H3/b3-2-,8-6+/t12-/m1/s1. The lowest BCUT2D eigenvalue weighted by molar-refractivity contribution is -0.147. The van der Waals surface area contributed by atoms with Crippen LogP contribution in [0.1, 0.15) is 42.1 Å². The molecule has 0 bridgehead atoms. The Morgan fingerprint density at radius 3 is 2.70 bits per heavy atom. The predicted molar refractivity (Wildman–Crippen MR) is 85.5 cm³/mol. The third kappa shape index (κ3) is 4.71. The Labute approximate surface area is 134 Å². The van der Waals surface area contributed by atoms with Crippen molar-refractivity contribution in [1.29, 1.82) is 0 Å².